The van der Waals surface area contributed by atoms with Gasteiger partial charge in [-0.2, -0.15) is 0 Å². The van der Waals surface area contributed by atoms with Crippen LogP contribution in [0.2, 0.25) is 0 Å². The normalized spacial score (nSPS) is 10.6. The molecular formula is C12H11F2N3S. The smallest absolute Gasteiger partial charge is 0.192 e. The third-order valence-corrected chi connectivity index (χ3v) is 3.10. The lowest BCUT2D eigenvalue weighted by atomic mass is 10.2. The highest BCUT2D eigenvalue weighted by Crippen LogP contribution is 2.25. The molecule has 1 aromatic heterocycles. The lowest BCUT2D eigenvalue weighted by molar-refractivity contribution is 0.506. The Hall–Kier alpha value is -1.53. The van der Waals surface area contributed by atoms with E-state index in [1.54, 1.807) is 12.4 Å². The minimum atomic E-state index is -0.875. The van der Waals surface area contributed by atoms with Crippen LogP contribution in [-0.4, -0.2) is 16.5 Å². The molecule has 2 rings (SSSR count). The molecule has 18 heavy (non-hydrogen) atoms. The SMILES string of the molecule is NCCc1cnc(Sc2ccc(F)c(F)c2)nc1. The molecule has 0 fully saturated rings. The molecule has 1 aromatic carbocycles. The Morgan fingerprint density at radius 2 is 1.83 bits per heavy atom. The van der Waals surface area contributed by atoms with E-state index in [9.17, 15) is 8.78 Å². The maximum absolute atomic E-state index is 13.0. The lowest BCUT2D eigenvalue weighted by Gasteiger charge is -2.02. The summed E-state index contributed by atoms with van der Waals surface area (Å²) >= 11 is 1.18. The molecule has 0 radical (unpaired) electrons. The molecule has 6 heteroatoms. The van der Waals surface area contributed by atoms with E-state index in [2.05, 4.69) is 9.97 Å². The summed E-state index contributed by atoms with van der Waals surface area (Å²) in [5, 5.41) is 0.488. The molecule has 1 heterocycles. The van der Waals surface area contributed by atoms with Crippen molar-refractivity contribution in [2.75, 3.05) is 6.54 Å². The molecule has 0 amide bonds. The molecule has 0 unspecified atom stereocenters. The fourth-order valence-corrected chi connectivity index (χ4v) is 2.06. The van der Waals surface area contributed by atoms with Gasteiger partial charge in [0.25, 0.3) is 0 Å². The van der Waals surface area contributed by atoms with Gasteiger partial charge in [0.05, 0.1) is 0 Å². The number of rotatable bonds is 4. The maximum atomic E-state index is 13.0. The van der Waals surface area contributed by atoms with Gasteiger partial charge in [-0.15, -0.1) is 0 Å². The fraction of sp³-hybridized carbons (Fsp3) is 0.167. The van der Waals surface area contributed by atoms with Gasteiger partial charge in [0.2, 0.25) is 0 Å². The Morgan fingerprint density at radius 1 is 1.11 bits per heavy atom. The second-order valence-electron chi connectivity index (χ2n) is 3.59. The predicted molar refractivity (Wildman–Crippen MR) is 65.3 cm³/mol. The van der Waals surface area contributed by atoms with Gasteiger partial charge in [0.1, 0.15) is 0 Å². The van der Waals surface area contributed by atoms with Crippen LogP contribution in [0.1, 0.15) is 5.56 Å². The highest BCUT2D eigenvalue weighted by molar-refractivity contribution is 7.99. The zero-order valence-electron chi connectivity index (χ0n) is 9.44. The van der Waals surface area contributed by atoms with Gasteiger partial charge < -0.3 is 5.73 Å². The number of benzene rings is 1. The van der Waals surface area contributed by atoms with Crippen molar-refractivity contribution in [2.45, 2.75) is 16.5 Å². The van der Waals surface area contributed by atoms with E-state index < -0.39 is 11.6 Å². The molecule has 0 aliphatic carbocycles. The number of aromatic nitrogens is 2. The van der Waals surface area contributed by atoms with Crippen LogP contribution in [0.4, 0.5) is 8.78 Å². The van der Waals surface area contributed by atoms with Crippen molar-refractivity contribution in [1.82, 2.24) is 9.97 Å². The zero-order chi connectivity index (χ0) is 13.0. The van der Waals surface area contributed by atoms with E-state index in [0.717, 1.165) is 24.1 Å². The van der Waals surface area contributed by atoms with E-state index in [0.29, 0.717) is 16.6 Å². The average Bonchev–Trinajstić information content (AvgIpc) is 2.37. The molecule has 2 N–H and O–H groups in total. The Bertz CT molecular complexity index is 531. The van der Waals surface area contributed by atoms with E-state index >= 15 is 0 Å². The van der Waals surface area contributed by atoms with Crippen LogP contribution in [0.3, 0.4) is 0 Å². The molecule has 3 nitrogen and oxygen atoms in total. The third kappa shape index (κ3) is 3.24. The molecule has 0 saturated carbocycles. The second kappa shape index (κ2) is 5.88. The fourth-order valence-electron chi connectivity index (χ4n) is 1.34. The van der Waals surface area contributed by atoms with Crippen molar-refractivity contribution in [3.8, 4) is 0 Å². The van der Waals surface area contributed by atoms with Gasteiger partial charge in [0.15, 0.2) is 16.8 Å². The van der Waals surface area contributed by atoms with Gasteiger partial charge in [0, 0.05) is 17.3 Å². The van der Waals surface area contributed by atoms with Gasteiger partial charge in [-0.1, -0.05) is 0 Å². The first-order valence-electron chi connectivity index (χ1n) is 5.33. The van der Waals surface area contributed by atoms with Crippen molar-refractivity contribution in [3.63, 3.8) is 0 Å². The summed E-state index contributed by atoms with van der Waals surface area (Å²) in [5.41, 5.74) is 6.37. The second-order valence-corrected chi connectivity index (χ2v) is 4.63. The minimum Gasteiger partial charge on any atom is -0.330 e. The van der Waals surface area contributed by atoms with Gasteiger partial charge in [-0.3, -0.25) is 0 Å². The summed E-state index contributed by atoms with van der Waals surface area (Å²) < 4.78 is 25.8. The number of nitrogens with two attached hydrogens (primary N) is 1. The molecule has 94 valence electrons. The molecule has 0 aliphatic heterocycles. The highest BCUT2D eigenvalue weighted by atomic mass is 32.2. The lowest BCUT2D eigenvalue weighted by Crippen LogP contribution is -2.03. The first kappa shape index (κ1) is 12.9. The maximum Gasteiger partial charge on any atom is 0.192 e. The van der Waals surface area contributed by atoms with E-state index in [1.165, 1.54) is 17.8 Å². The summed E-state index contributed by atoms with van der Waals surface area (Å²) in [7, 11) is 0. The Kier molecular flexibility index (Phi) is 4.22. The number of hydrogen-bond acceptors (Lipinski definition) is 4. The van der Waals surface area contributed by atoms with Crippen LogP contribution in [0.5, 0.6) is 0 Å². The summed E-state index contributed by atoms with van der Waals surface area (Å²) in [6.07, 6.45) is 4.08. The summed E-state index contributed by atoms with van der Waals surface area (Å²) in [5.74, 6) is -1.74. The molecule has 0 atom stereocenters. The van der Waals surface area contributed by atoms with Crippen LogP contribution < -0.4 is 5.73 Å². The molecule has 0 aliphatic rings. The monoisotopic (exact) mass is 267 g/mol. The van der Waals surface area contributed by atoms with Crippen molar-refractivity contribution in [2.24, 2.45) is 5.73 Å². The topological polar surface area (TPSA) is 51.8 Å². The average molecular weight is 267 g/mol. The summed E-state index contributed by atoms with van der Waals surface area (Å²) in [6.45, 7) is 0.541. The zero-order valence-corrected chi connectivity index (χ0v) is 10.3. The van der Waals surface area contributed by atoms with Crippen LogP contribution >= 0.6 is 11.8 Å². The Morgan fingerprint density at radius 3 is 2.44 bits per heavy atom. The van der Waals surface area contributed by atoms with Crippen LogP contribution in [0.25, 0.3) is 0 Å². The van der Waals surface area contributed by atoms with Gasteiger partial charge >= 0.3 is 0 Å². The Labute approximate surface area is 107 Å². The number of nitrogens with zero attached hydrogens (tertiary/aromatic N) is 2. The van der Waals surface area contributed by atoms with Crippen molar-refractivity contribution >= 4 is 11.8 Å². The van der Waals surface area contributed by atoms with Gasteiger partial charge in [-0.05, 0) is 48.5 Å². The third-order valence-electron chi connectivity index (χ3n) is 2.21. The van der Waals surface area contributed by atoms with E-state index in [4.69, 9.17) is 5.73 Å². The van der Waals surface area contributed by atoms with Crippen LogP contribution in [0.15, 0.2) is 40.6 Å². The van der Waals surface area contributed by atoms with Crippen molar-refractivity contribution in [1.29, 1.82) is 0 Å². The summed E-state index contributed by atoms with van der Waals surface area (Å²) in [4.78, 5) is 8.81. The van der Waals surface area contributed by atoms with E-state index in [1.807, 2.05) is 0 Å². The van der Waals surface area contributed by atoms with Crippen LogP contribution in [0, 0.1) is 11.6 Å². The van der Waals surface area contributed by atoms with Crippen LogP contribution in [-0.2, 0) is 6.42 Å². The van der Waals surface area contributed by atoms with Crippen molar-refractivity contribution in [3.05, 3.63) is 47.8 Å². The minimum absolute atomic E-state index is 0.488. The highest BCUT2D eigenvalue weighted by Gasteiger charge is 2.05. The molecule has 2 aromatic rings. The first-order valence-corrected chi connectivity index (χ1v) is 6.14. The number of hydrogen-bond donors (Lipinski definition) is 1. The van der Waals surface area contributed by atoms with Crippen molar-refractivity contribution < 1.29 is 8.78 Å². The summed E-state index contributed by atoms with van der Waals surface area (Å²) in [6, 6.07) is 3.69. The van der Waals surface area contributed by atoms with E-state index in [-0.39, 0.29) is 0 Å². The number of halogens is 2. The molecular weight excluding hydrogens is 256 g/mol. The molecule has 0 bridgehead atoms. The molecule has 0 spiro atoms. The predicted octanol–water partition coefficient (Wildman–Crippen LogP) is 2.41. The standard InChI is InChI=1S/C12H11F2N3S/c13-10-2-1-9(5-11(10)14)18-12-16-6-8(3-4-15)7-17-12/h1-2,5-7H,3-4,15H2. The largest absolute Gasteiger partial charge is 0.330 e. The van der Waals surface area contributed by atoms with Gasteiger partial charge in [-0.25, -0.2) is 18.7 Å². The first-order chi connectivity index (χ1) is 8.69. The Balaban J connectivity index is 2.10. The quantitative estimate of drug-likeness (QED) is 0.864. The molecule has 0 saturated heterocycles.